The monoisotopic (exact) mass is 468 g/mol. The van der Waals surface area contributed by atoms with Crippen LogP contribution in [0, 0.1) is 0 Å². The highest BCUT2D eigenvalue weighted by atomic mass is 35.5. The molecule has 2 unspecified atom stereocenters. The van der Waals surface area contributed by atoms with Crippen molar-refractivity contribution in [2.45, 2.75) is 18.4 Å². The molecule has 0 aliphatic carbocycles. The molecule has 0 radical (unpaired) electrons. The van der Waals surface area contributed by atoms with E-state index >= 15 is 0 Å². The van der Waals surface area contributed by atoms with Gasteiger partial charge in [0.05, 0.1) is 18.6 Å². The van der Waals surface area contributed by atoms with Gasteiger partial charge in [-0.3, -0.25) is 0 Å². The Morgan fingerprint density at radius 1 is 0.727 bits per heavy atom. The van der Waals surface area contributed by atoms with Crippen LogP contribution < -0.4 is 9.47 Å². The fourth-order valence-electron chi connectivity index (χ4n) is 3.35. The van der Waals surface area contributed by atoms with Crippen LogP contribution in [-0.4, -0.2) is 53.2 Å². The Hall–Kier alpha value is -2.83. The van der Waals surface area contributed by atoms with Gasteiger partial charge >= 0.3 is 0 Å². The lowest BCUT2D eigenvalue weighted by molar-refractivity contribution is 0.0536. The normalized spacial score (nSPS) is 13.7. The third-order valence-electron chi connectivity index (χ3n) is 5.15. The van der Waals surface area contributed by atoms with Crippen LogP contribution in [0.25, 0.3) is 11.1 Å². The first-order valence-electron chi connectivity index (χ1n) is 10.8. The van der Waals surface area contributed by atoms with Gasteiger partial charge in [-0.05, 0) is 59.0 Å². The summed E-state index contributed by atoms with van der Waals surface area (Å²) in [5, 5.41) is 27.1. The molecular weight excluding hydrogens is 440 g/mol. The third-order valence-corrected chi connectivity index (χ3v) is 5.41. The molecule has 0 aromatic heterocycles. The second kappa shape index (κ2) is 12.4. The highest BCUT2D eigenvalue weighted by molar-refractivity contribution is 6.20. The molecule has 0 spiro atoms. The third kappa shape index (κ3) is 7.07. The minimum absolute atomic E-state index is 0.0302. The summed E-state index contributed by atoms with van der Waals surface area (Å²) in [6.07, 6.45) is -0.910. The summed E-state index contributed by atoms with van der Waals surface area (Å²) in [6, 6.07) is 25.6. The van der Waals surface area contributed by atoms with Crippen molar-refractivity contribution >= 4 is 22.7 Å². The molecule has 5 nitrogen and oxygen atoms in total. The molecule has 0 saturated carbocycles. The van der Waals surface area contributed by atoms with E-state index in [4.69, 9.17) is 31.3 Å². The van der Waals surface area contributed by atoms with Crippen molar-refractivity contribution in [3.8, 4) is 11.5 Å². The van der Waals surface area contributed by atoms with Gasteiger partial charge in [0.25, 0.3) is 0 Å². The molecule has 3 aromatic rings. The predicted octanol–water partition coefficient (Wildman–Crippen LogP) is 4.38. The molecule has 0 fully saturated rings. The van der Waals surface area contributed by atoms with Crippen LogP contribution in [0.2, 0.25) is 0 Å². The van der Waals surface area contributed by atoms with Gasteiger partial charge in [-0.25, -0.2) is 0 Å². The first-order chi connectivity index (χ1) is 16.0. The van der Waals surface area contributed by atoms with Crippen molar-refractivity contribution in [3.05, 3.63) is 95.6 Å². The highest BCUT2D eigenvalue weighted by Crippen LogP contribution is 2.33. The summed E-state index contributed by atoms with van der Waals surface area (Å²) < 4.78 is 11.2. The van der Waals surface area contributed by atoms with Gasteiger partial charge < -0.3 is 24.8 Å². The van der Waals surface area contributed by atoms with E-state index < -0.39 is 11.5 Å². The second-order valence-electron chi connectivity index (χ2n) is 7.65. The van der Waals surface area contributed by atoms with E-state index in [-0.39, 0.29) is 26.4 Å². The summed E-state index contributed by atoms with van der Waals surface area (Å²) >= 11 is 5.93. The van der Waals surface area contributed by atoms with Gasteiger partial charge in [-0.1, -0.05) is 54.6 Å². The molecule has 2 atom stereocenters. The number of aliphatic hydroxyl groups excluding tert-OH is 3. The molecule has 0 aliphatic heterocycles. The van der Waals surface area contributed by atoms with Gasteiger partial charge in [0.15, 0.2) is 0 Å². The van der Waals surface area contributed by atoms with Crippen molar-refractivity contribution < 1.29 is 24.8 Å². The van der Waals surface area contributed by atoms with E-state index in [1.807, 2.05) is 66.7 Å². The molecule has 0 aliphatic rings. The van der Waals surface area contributed by atoms with Crippen LogP contribution in [0.3, 0.4) is 0 Å². The summed E-state index contributed by atoms with van der Waals surface area (Å²) in [5.74, 6) is 1.30. The number of hydrogen-bond donors (Lipinski definition) is 3. The zero-order valence-electron chi connectivity index (χ0n) is 18.5. The summed E-state index contributed by atoms with van der Waals surface area (Å²) in [5.41, 5.74) is 5.35. The van der Waals surface area contributed by atoms with Crippen molar-refractivity contribution in [1.82, 2.24) is 0 Å². The number of halogens is 1. The summed E-state index contributed by atoms with van der Waals surface area (Å²) in [4.78, 5) is 0. The number of benzene rings is 3. The second-order valence-corrected chi connectivity index (χ2v) is 8.27. The van der Waals surface area contributed by atoms with Crippen LogP contribution in [0.5, 0.6) is 11.5 Å². The molecule has 3 aromatic carbocycles. The quantitative estimate of drug-likeness (QED) is 0.287. The topological polar surface area (TPSA) is 79.2 Å². The van der Waals surface area contributed by atoms with E-state index in [9.17, 15) is 5.11 Å². The van der Waals surface area contributed by atoms with Crippen LogP contribution in [0.1, 0.15) is 23.6 Å². The van der Waals surface area contributed by atoms with E-state index in [2.05, 4.69) is 19.1 Å². The lowest BCUT2D eigenvalue weighted by Crippen LogP contribution is -2.21. The van der Waals surface area contributed by atoms with E-state index in [1.54, 1.807) is 0 Å². The Labute approximate surface area is 199 Å². The Kier molecular flexibility index (Phi) is 9.34. The first-order valence-corrected chi connectivity index (χ1v) is 11.2. The zero-order valence-corrected chi connectivity index (χ0v) is 19.3. The fourth-order valence-corrected chi connectivity index (χ4v) is 3.42. The first kappa shape index (κ1) is 24.8. The van der Waals surface area contributed by atoms with Gasteiger partial charge in [-0.15, -0.1) is 11.6 Å². The van der Waals surface area contributed by atoms with E-state index in [0.29, 0.717) is 11.5 Å². The lowest BCUT2D eigenvalue weighted by atomic mass is 9.90. The number of allylic oxidation sites excluding steroid dienone is 1. The average Bonchev–Trinajstić information content (AvgIpc) is 2.87. The van der Waals surface area contributed by atoms with Gasteiger partial charge in [-0.2, -0.15) is 0 Å². The Morgan fingerprint density at radius 3 is 1.73 bits per heavy atom. The number of alkyl halides is 1. The van der Waals surface area contributed by atoms with Crippen LogP contribution in [0.15, 0.2) is 78.9 Å². The van der Waals surface area contributed by atoms with Crippen LogP contribution >= 0.6 is 11.6 Å². The van der Waals surface area contributed by atoms with Crippen molar-refractivity contribution in [2.24, 2.45) is 0 Å². The smallest absolute Gasteiger partial charge is 0.119 e. The summed E-state index contributed by atoms with van der Waals surface area (Å²) in [7, 11) is 0. The molecule has 0 heterocycles. The van der Waals surface area contributed by atoms with Gasteiger partial charge in [0.2, 0.25) is 0 Å². The Balaban J connectivity index is 1.91. The predicted molar refractivity (Wildman–Crippen MR) is 132 cm³/mol. The average molecular weight is 469 g/mol. The minimum atomic E-state index is -0.910. The number of aliphatic hydroxyl groups is 3. The van der Waals surface area contributed by atoms with E-state index in [1.165, 1.54) is 0 Å². The largest absolute Gasteiger partial charge is 0.492 e. The number of hydrogen-bond acceptors (Lipinski definition) is 5. The number of ether oxygens (including phenoxy) is 2. The van der Waals surface area contributed by atoms with Crippen LogP contribution in [0.4, 0.5) is 0 Å². The molecule has 3 rings (SSSR count). The molecule has 0 bridgehead atoms. The maximum absolute atomic E-state index is 9.50. The van der Waals surface area contributed by atoms with Crippen molar-refractivity contribution in [3.63, 3.8) is 0 Å². The maximum Gasteiger partial charge on any atom is 0.119 e. The maximum atomic E-state index is 9.50. The van der Waals surface area contributed by atoms with Crippen molar-refractivity contribution in [2.75, 3.05) is 26.4 Å². The molecule has 3 N–H and O–H groups in total. The molecular formula is C27H29ClO5. The molecule has 0 saturated heterocycles. The van der Waals surface area contributed by atoms with Crippen molar-refractivity contribution in [1.29, 1.82) is 0 Å². The Morgan fingerprint density at radius 2 is 1.24 bits per heavy atom. The standard InChI is InChI=1S/C27H29ClO5/c1-19(20-5-3-2-4-6-20)27(21-7-11-25(12-8-21)32-17-23(28)15-29)22-9-13-26(14-10-22)33-18-24(31)16-30/h2-14,23-24,29-31H,15-18H2,1H3/b27-19+. The minimum Gasteiger partial charge on any atom is -0.492 e. The summed E-state index contributed by atoms with van der Waals surface area (Å²) in [6.45, 7) is 1.88. The molecule has 174 valence electrons. The highest BCUT2D eigenvalue weighted by Gasteiger charge is 2.12. The molecule has 0 amide bonds. The fraction of sp³-hybridized carbons (Fsp3) is 0.259. The van der Waals surface area contributed by atoms with Gasteiger partial charge in [0.1, 0.15) is 30.8 Å². The Bertz CT molecular complexity index is 957. The lowest BCUT2D eigenvalue weighted by Gasteiger charge is -2.16. The van der Waals surface area contributed by atoms with Crippen LogP contribution in [-0.2, 0) is 0 Å². The van der Waals surface area contributed by atoms with E-state index in [0.717, 1.165) is 27.8 Å². The number of rotatable bonds is 11. The SMILES string of the molecule is C/C(=C(\c1ccc(OCC(O)CO)cc1)c1ccc(OCC(Cl)CO)cc1)c1ccccc1. The zero-order chi connectivity index (χ0) is 23.6. The molecule has 33 heavy (non-hydrogen) atoms. The van der Waals surface area contributed by atoms with Gasteiger partial charge in [0, 0.05) is 0 Å². The molecule has 6 heteroatoms.